The van der Waals surface area contributed by atoms with Crippen molar-refractivity contribution in [3.05, 3.63) is 41.2 Å². The van der Waals surface area contributed by atoms with Crippen molar-refractivity contribution in [1.82, 2.24) is 4.98 Å². The van der Waals surface area contributed by atoms with Crippen molar-refractivity contribution in [3.8, 4) is 0 Å². The molecule has 0 fully saturated rings. The van der Waals surface area contributed by atoms with E-state index >= 15 is 0 Å². The van der Waals surface area contributed by atoms with E-state index < -0.39 is 0 Å². The molecule has 26 heavy (non-hydrogen) atoms. The van der Waals surface area contributed by atoms with Gasteiger partial charge in [0, 0.05) is 24.4 Å². The number of carbonyl (C=O) groups excluding carboxylic acids is 1. The van der Waals surface area contributed by atoms with E-state index in [-0.39, 0.29) is 5.97 Å². The number of carbonyl (C=O) groups is 1. The molecular weight excluding hydrogens is 322 g/mol. The van der Waals surface area contributed by atoms with Crippen LogP contribution in [-0.4, -0.2) is 11.0 Å². The number of esters is 1. The zero-order valence-corrected chi connectivity index (χ0v) is 17.1. The van der Waals surface area contributed by atoms with Gasteiger partial charge in [-0.15, -0.1) is 0 Å². The lowest BCUT2D eigenvalue weighted by Gasteiger charge is -2.08. The van der Waals surface area contributed by atoms with Crippen molar-refractivity contribution in [2.45, 2.75) is 98.0 Å². The Morgan fingerprint density at radius 3 is 2.15 bits per heavy atom. The third-order valence-corrected chi connectivity index (χ3v) is 4.94. The average Bonchev–Trinajstić information content (AvgIpc) is 2.66. The van der Waals surface area contributed by atoms with Crippen molar-refractivity contribution >= 4 is 5.97 Å². The van der Waals surface area contributed by atoms with Gasteiger partial charge in [-0.25, -0.2) is 0 Å². The van der Waals surface area contributed by atoms with E-state index in [1.165, 1.54) is 38.5 Å². The molecule has 0 bridgehead atoms. The normalized spacial score (nSPS) is 12.0. The second-order valence-electron chi connectivity index (χ2n) is 7.31. The van der Waals surface area contributed by atoms with E-state index in [2.05, 4.69) is 25.8 Å². The first-order valence-electron chi connectivity index (χ1n) is 10.3. The van der Waals surface area contributed by atoms with E-state index in [1.807, 2.05) is 12.1 Å². The van der Waals surface area contributed by atoms with Crippen LogP contribution >= 0.6 is 0 Å². The van der Waals surface area contributed by atoms with Crippen molar-refractivity contribution in [1.29, 1.82) is 0 Å². The molecule has 0 aliphatic rings. The third kappa shape index (κ3) is 11.1. The van der Waals surface area contributed by atoms with Crippen molar-refractivity contribution < 1.29 is 9.53 Å². The summed E-state index contributed by atoms with van der Waals surface area (Å²) in [4.78, 5) is 15.8. The number of hydrogen-bond acceptors (Lipinski definition) is 3. The molecule has 0 saturated carbocycles. The van der Waals surface area contributed by atoms with E-state index in [4.69, 9.17) is 4.74 Å². The Morgan fingerprint density at radius 1 is 0.923 bits per heavy atom. The quantitative estimate of drug-likeness (QED) is 0.209. The van der Waals surface area contributed by atoms with Gasteiger partial charge in [-0.05, 0) is 52.0 Å². The molecule has 1 rings (SSSR count). The molecule has 3 heteroatoms. The number of aromatic nitrogens is 1. The van der Waals surface area contributed by atoms with Crippen LogP contribution in [0.4, 0.5) is 0 Å². The molecule has 146 valence electrons. The van der Waals surface area contributed by atoms with Crippen LogP contribution in [0.15, 0.2) is 35.7 Å². The summed E-state index contributed by atoms with van der Waals surface area (Å²) in [7, 11) is 0. The zero-order valence-electron chi connectivity index (χ0n) is 17.1. The Bertz CT molecular complexity index is 522. The second-order valence-corrected chi connectivity index (χ2v) is 7.31. The number of ether oxygens (including phenoxy) is 1. The van der Waals surface area contributed by atoms with Gasteiger partial charge >= 0.3 is 5.97 Å². The lowest BCUT2D eigenvalue weighted by Crippen LogP contribution is -2.04. The van der Waals surface area contributed by atoms with Gasteiger partial charge in [0.1, 0.15) is 6.61 Å². The molecule has 0 aromatic carbocycles. The summed E-state index contributed by atoms with van der Waals surface area (Å²) in [5.74, 6) is -0.107. The van der Waals surface area contributed by atoms with E-state index in [9.17, 15) is 4.79 Å². The first-order chi connectivity index (χ1) is 12.6. The molecule has 0 saturated heterocycles. The first-order valence-corrected chi connectivity index (χ1v) is 10.3. The second kappa shape index (κ2) is 14.5. The highest BCUT2D eigenvalue weighted by molar-refractivity contribution is 5.69. The van der Waals surface area contributed by atoms with Gasteiger partial charge in [0.05, 0.1) is 0 Å². The van der Waals surface area contributed by atoms with Crippen LogP contribution in [0.25, 0.3) is 0 Å². The zero-order chi connectivity index (χ0) is 19.0. The predicted octanol–water partition coefficient (Wildman–Crippen LogP) is 6.77. The Hall–Kier alpha value is -1.64. The van der Waals surface area contributed by atoms with Gasteiger partial charge in [-0.3, -0.25) is 9.78 Å². The lowest BCUT2D eigenvalue weighted by atomic mass is 9.99. The molecule has 0 aliphatic heterocycles. The monoisotopic (exact) mass is 359 g/mol. The van der Waals surface area contributed by atoms with E-state index in [0.29, 0.717) is 13.0 Å². The fourth-order valence-electron chi connectivity index (χ4n) is 2.98. The lowest BCUT2D eigenvalue weighted by molar-refractivity contribution is -0.145. The standard InChI is InChI=1S/C23H37NO2/c1-4-5-6-7-9-13-20(2)21(3)14-10-8-11-16-23(25)26-19-22-15-12-17-24-18-22/h12,15,17-18H,4-11,13-14,16,19H2,1-3H3/b21-20+. The number of nitrogens with zero attached hydrogens (tertiary/aromatic N) is 1. The largest absolute Gasteiger partial charge is 0.461 e. The van der Waals surface area contributed by atoms with Crippen LogP contribution in [0, 0.1) is 0 Å². The number of rotatable bonds is 14. The molecule has 0 aliphatic carbocycles. The van der Waals surface area contributed by atoms with E-state index in [1.54, 1.807) is 23.5 Å². The summed E-state index contributed by atoms with van der Waals surface area (Å²) in [6, 6.07) is 3.77. The molecule has 0 radical (unpaired) electrons. The van der Waals surface area contributed by atoms with Gasteiger partial charge in [0.15, 0.2) is 0 Å². The maximum atomic E-state index is 11.8. The molecule has 0 unspecified atom stereocenters. The van der Waals surface area contributed by atoms with E-state index in [0.717, 1.165) is 31.2 Å². The maximum Gasteiger partial charge on any atom is 0.306 e. The van der Waals surface area contributed by atoms with Crippen LogP contribution in [0.1, 0.15) is 97.0 Å². The molecule has 3 nitrogen and oxygen atoms in total. The van der Waals surface area contributed by atoms with Crippen LogP contribution in [0.2, 0.25) is 0 Å². The molecule has 0 spiro atoms. The summed E-state index contributed by atoms with van der Waals surface area (Å²) in [6.45, 7) is 7.14. The van der Waals surface area contributed by atoms with Crippen molar-refractivity contribution in [3.63, 3.8) is 0 Å². The summed E-state index contributed by atoms with van der Waals surface area (Å²) in [6.07, 6.45) is 16.3. The fourth-order valence-corrected chi connectivity index (χ4v) is 2.98. The summed E-state index contributed by atoms with van der Waals surface area (Å²) in [5, 5.41) is 0. The number of allylic oxidation sites excluding steroid dienone is 2. The molecule has 1 aromatic rings. The Morgan fingerprint density at radius 2 is 1.54 bits per heavy atom. The summed E-state index contributed by atoms with van der Waals surface area (Å²) >= 11 is 0. The minimum absolute atomic E-state index is 0.107. The van der Waals surface area contributed by atoms with Crippen LogP contribution in [0.5, 0.6) is 0 Å². The van der Waals surface area contributed by atoms with Gasteiger partial charge in [0.25, 0.3) is 0 Å². The smallest absolute Gasteiger partial charge is 0.306 e. The Kier molecular flexibility index (Phi) is 12.5. The Balaban J connectivity index is 2.05. The first kappa shape index (κ1) is 22.4. The van der Waals surface area contributed by atoms with Gasteiger partial charge in [-0.1, -0.05) is 56.2 Å². The number of hydrogen-bond donors (Lipinski definition) is 0. The van der Waals surface area contributed by atoms with Gasteiger partial charge in [-0.2, -0.15) is 0 Å². The van der Waals surface area contributed by atoms with Gasteiger partial charge < -0.3 is 4.74 Å². The highest BCUT2D eigenvalue weighted by Crippen LogP contribution is 2.19. The molecule has 0 N–H and O–H groups in total. The average molecular weight is 360 g/mol. The minimum atomic E-state index is -0.107. The summed E-state index contributed by atoms with van der Waals surface area (Å²) in [5.41, 5.74) is 4.05. The highest BCUT2D eigenvalue weighted by Gasteiger charge is 2.04. The van der Waals surface area contributed by atoms with Gasteiger partial charge in [0.2, 0.25) is 0 Å². The van der Waals surface area contributed by atoms with Crippen LogP contribution in [-0.2, 0) is 16.1 Å². The third-order valence-electron chi connectivity index (χ3n) is 4.94. The van der Waals surface area contributed by atoms with Crippen LogP contribution in [0.3, 0.4) is 0 Å². The topological polar surface area (TPSA) is 39.2 Å². The highest BCUT2D eigenvalue weighted by atomic mass is 16.5. The predicted molar refractivity (Wildman–Crippen MR) is 109 cm³/mol. The minimum Gasteiger partial charge on any atom is -0.461 e. The molecule has 1 aromatic heterocycles. The molecular formula is C23H37NO2. The maximum absolute atomic E-state index is 11.8. The molecule has 0 amide bonds. The Labute approximate surface area is 160 Å². The van der Waals surface area contributed by atoms with Crippen LogP contribution < -0.4 is 0 Å². The fraction of sp³-hybridized carbons (Fsp3) is 0.652. The number of unbranched alkanes of at least 4 members (excludes halogenated alkanes) is 6. The van der Waals surface area contributed by atoms with Crippen molar-refractivity contribution in [2.75, 3.05) is 0 Å². The molecule has 0 atom stereocenters. The summed E-state index contributed by atoms with van der Waals surface area (Å²) < 4.78 is 5.28. The van der Waals surface area contributed by atoms with Crippen molar-refractivity contribution in [2.24, 2.45) is 0 Å². The molecule has 1 heterocycles. The number of pyridine rings is 1. The SMILES string of the molecule is CCCCCCC/C(C)=C(\C)CCCCCC(=O)OCc1cccnc1.